The van der Waals surface area contributed by atoms with Crippen LogP contribution in [0.2, 0.25) is 0 Å². The fraction of sp³-hybridized carbons (Fsp3) is 0.500. The summed E-state index contributed by atoms with van der Waals surface area (Å²) >= 11 is 0. The topological polar surface area (TPSA) is 43.8 Å². The third-order valence-electron chi connectivity index (χ3n) is 4.67. The summed E-state index contributed by atoms with van der Waals surface area (Å²) in [5, 5.41) is 0. The molecule has 0 bridgehead atoms. The number of hydrogen-bond donors (Lipinski definition) is 1. The molecule has 2 aromatic rings. The third kappa shape index (κ3) is 3.18. The van der Waals surface area contributed by atoms with Crippen LogP contribution in [0.25, 0.3) is 0 Å². The standard InChI is InChI=1S/C18H25N3/c1-2-10-21-11-9-20-18(21)13-17(19)16-8-7-14-5-3-4-6-15(14)12-16/h3-6,9,11,16-17H,2,7-8,10,12-13,19H2,1H3. The van der Waals surface area contributed by atoms with Crippen LogP contribution in [0.1, 0.15) is 36.7 Å². The Morgan fingerprint density at radius 1 is 1.33 bits per heavy atom. The second kappa shape index (κ2) is 6.44. The first kappa shape index (κ1) is 14.3. The molecule has 21 heavy (non-hydrogen) atoms. The molecule has 112 valence electrons. The summed E-state index contributed by atoms with van der Waals surface area (Å²) in [5.74, 6) is 1.72. The summed E-state index contributed by atoms with van der Waals surface area (Å²) in [4.78, 5) is 4.50. The predicted octanol–water partition coefficient (Wildman–Crippen LogP) is 2.97. The van der Waals surface area contributed by atoms with Gasteiger partial charge in [0.05, 0.1) is 0 Å². The molecule has 1 heterocycles. The monoisotopic (exact) mass is 283 g/mol. The van der Waals surface area contributed by atoms with Crippen LogP contribution in [0.3, 0.4) is 0 Å². The number of benzene rings is 1. The molecule has 0 amide bonds. The van der Waals surface area contributed by atoms with E-state index in [-0.39, 0.29) is 6.04 Å². The van der Waals surface area contributed by atoms with Gasteiger partial charge in [-0.15, -0.1) is 0 Å². The molecule has 1 aliphatic rings. The highest BCUT2D eigenvalue weighted by atomic mass is 15.1. The summed E-state index contributed by atoms with van der Waals surface area (Å²) in [7, 11) is 0. The van der Waals surface area contributed by atoms with Crippen molar-refractivity contribution in [2.24, 2.45) is 11.7 Å². The van der Waals surface area contributed by atoms with Crippen LogP contribution in [0, 0.1) is 5.92 Å². The van der Waals surface area contributed by atoms with Crippen molar-refractivity contribution in [2.45, 2.75) is 51.6 Å². The van der Waals surface area contributed by atoms with Gasteiger partial charge in [-0.25, -0.2) is 4.98 Å². The number of fused-ring (bicyclic) bond motifs is 1. The normalized spacial score (nSPS) is 19.2. The van der Waals surface area contributed by atoms with Crippen LogP contribution < -0.4 is 5.73 Å². The summed E-state index contributed by atoms with van der Waals surface area (Å²) in [6.45, 7) is 3.23. The maximum atomic E-state index is 6.51. The number of nitrogens with zero attached hydrogens (tertiary/aromatic N) is 2. The minimum Gasteiger partial charge on any atom is -0.335 e. The summed E-state index contributed by atoms with van der Waals surface area (Å²) < 4.78 is 2.25. The Morgan fingerprint density at radius 3 is 2.95 bits per heavy atom. The molecule has 3 heteroatoms. The fourth-order valence-corrected chi connectivity index (χ4v) is 3.44. The van der Waals surface area contributed by atoms with Gasteiger partial charge in [0.15, 0.2) is 0 Å². The number of rotatable bonds is 5. The first-order valence-electron chi connectivity index (χ1n) is 8.10. The molecular weight excluding hydrogens is 258 g/mol. The minimum absolute atomic E-state index is 0.205. The van der Waals surface area contributed by atoms with Crippen molar-refractivity contribution < 1.29 is 0 Å². The Hall–Kier alpha value is -1.61. The van der Waals surface area contributed by atoms with Crippen LogP contribution in [0.5, 0.6) is 0 Å². The minimum atomic E-state index is 0.205. The summed E-state index contributed by atoms with van der Waals surface area (Å²) in [6.07, 6.45) is 9.47. The van der Waals surface area contributed by atoms with Crippen LogP contribution in [-0.4, -0.2) is 15.6 Å². The Morgan fingerprint density at radius 2 is 2.14 bits per heavy atom. The highest BCUT2D eigenvalue weighted by molar-refractivity contribution is 5.30. The molecule has 2 atom stereocenters. The molecule has 0 aliphatic heterocycles. The van der Waals surface area contributed by atoms with Gasteiger partial charge in [0.2, 0.25) is 0 Å². The average molecular weight is 283 g/mol. The Kier molecular flexibility index (Phi) is 4.39. The second-order valence-corrected chi connectivity index (χ2v) is 6.18. The number of aryl methyl sites for hydroxylation is 2. The molecule has 3 rings (SSSR count). The van der Waals surface area contributed by atoms with E-state index in [0.29, 0.717) is 5.92 Å². The zero-order chi connectivity index (χ0) is 14.7. The first-order chi connectivity index (χ1) is 10.3. The lowest BCUT2D eigenvalue weighted by Gasteiger charge is -2.29. The van der Waals surface area contributed by atoms with E-state index in [2.05, 4.69) is 46.9 Å². The fourth-order valence-electron chi connectivity index (χ4n) is 3.44. The Labute approximate surface area is 127 Å². The number of nitrogens with two attached hydrogens (primary N) is 1. The van der Waals surface area contributed by atoms with Crippen LogP contribution in [-0.2, 0) is 25.8 Å². The molecule has 0 saturated heterocycles. The number of aromatic nitrogens is 2. The van der Waals surface area contributed by atoms with Gasteiger partial charge in [0.1, 0.15) is 5.82 Å². The smallest absolute Gasteiger partial charge is 0.110 e. The second-order valence-electron chi connectivity index (χ2n) is 6.18. The maximum Gasteiger partial charge on any atom is 0.110 e. The van der Waals surface area contributed by atoms with E-state index in [1.165, 1.54) is 17.5 Å². The van der Waals surface area contributed by atoms with E-state index >= 15 is 0 Å². The van der Waals surface area contributed by atoms with E-state index in [9.17, 15) is 0 Å². The van der Waals surface area contributed by atoms with Gasteiger partial charge in [-0.05, 0) is 42.7 Å². The lowest BCUT2D eigenvalue weighted by atomic mass is 9.79. The van der Waals surface area contributed by atoms with Gasteiger partial charge in [-0.1, -0.05) is 31.2 Å². The molecule has 1 aliphatic carbocycles. The highest BCUT2D eigenvalue weighted by Gasteiger charge is 2.24. The SMILES string of the molecule is CCCn1ccnc1CC(N)C1CCc2ccccc2C1. The zero-order valence-electron chi connectivity index (χ0n) is 12.8. The molecule has 2 N–H and O–H groups in total. The summed E-state index contributed by atoms with van der Waals surface area (Å²) in [5.41, 5.74) is 9.50. The Bertz CT molecular complexity index is 588. The van der Waals surface area contributed by atoms with Crippen molar-refractivity contribution in [3.63, 3.8) is 0 Å². The van der Waals surface area contributed by atoms with E-state index in [1.807, 2.05) is 6.20 Å². The van der Waals surface area contributed by atoms with Gasteiger partial charge >= 0.3 is 0 Å². The molecule has 0 saturated carbocycles. The van der Waals surface area contributed by atoms with Crippen molar-refractivity contribution in [3.8, 4) is 0 Å². The lowest BCUT2D eigenvalue weighted by Crippen LogP contribution is -2.36. The molecule has 3 nitrogen and oxygen atoms in total. The third-order valence-corrected chi connectivity index (χ3v) is 4.67. The molecule has 2 unspecified atom stereocenters. The molecule has 0 fully saturated rings. The van der Waals surface area contributed by atoms with Gasteiger partial charge in [0.25, 0.3) is 0 Å². The van der Waals surface area contributed by atoms with Crippen LogP contribution >= 0.6 is 0 Å². The molecule has 1 aromatic carbocycles. The van der Waals surface area contributed by atoms with Crippen molar-refractivity contribution in [1.29, 1.82) is 0 Å². The van der Waals surface area contributed by atoms with Crippen molar-refractivity contribution in [1.82, 2.24) is 9.55 Å². The highest BCUT2D eigenvalue weighted by Crippen LogP contribution is 2.27. The van der Waals surface area contributed by atoms with Gasteiger partial charge in [0, 0.05) is 31.4 Å². The van der Waals surface area contributed by atoms with Crippen LogP contribution in [0.15, 0.2) is 36.7 Å². The number of imidazole rings is 1. The van der Waals surface area contributed by atoms with E-state index < -0.39 is 0 Å². The zero-order valence-corrected chi connectivity index (χ0v) is 12.8. The predicted molar refractivity (Wildman–Crippen MR) is 86.2 cm³/mol. The van der Waals surface area contributed by atoms with E-state index in [0.717, 1.165) is 38.1 Å². The Balaban J connectivity index is 1.66. The molecule has 0 spiro atoms. The quantitative estimate of drug-likeness (QED) is 0.917. The maximum absolute atomic E-state index is 6.51. The first-order valence-corrected chi connectivity index (χ1v) is 8.10. The van der Waals surface area contributed by atoms with Crippen molar-refractivity contribution >= 4 is 0 Å². The van der Waals surface area contributed by atoms with Gasteiger partial charge < -0.3 is 10.3 Å². The van der Waals surface area contributed by atoms with Crippen molar-refractivity contribution in [2.75, 3.05) is 0 Å². The molecule has 1 aromatic heterocycles. The lowest BCUT2D eigenvalue weighted by molar-refractivity contribution is 0.365. The van der Waals surface area contributed by atoms with Crippen molar-refractivity contribution in [3.05, 3.63) is 53.6 Å². The van der Waals surface area contributed by atoms with Gasteiger partial charge in [-0.3, -0.25) is 0 Å². The molecule has 0 radical (unpaired) electrons. The number of hydrogen-bond acceptors (Lipinski definition) is 2. The average Bonchev–Trinajstić information content (AvgIpc) is 2.94. The summed E-state index contributed by atoms with van der Waals surface area (Å²) in [6, 6.07) is 9.00. The van der Waals surface area contributed by atoms with E-state index in [1.54, 1.807) is 0 Å². The van der Waals surface area contributed by atoms with Crippen LogP contribution in [0.4, 0.5) is 0 Å². The largest absolute Gasteiger partial charge is 0.335 e. The van der Waals surface area contributed by atoms with E-state index in [4.69, 9.17) is 5.73 Å². The molecular formula is C18H25N3. The van der Waals surface area contributed by atoms with Gasteiger partial charge in [-0.2, -0.15) is 0 Å².